The largest absolute Gasteiger partial charge is 0.353 e. The van der Waals surface area contributed by atoms with Crippen molar-refractivity contribution in [3.05, 3.63) is 35.7 Å². The van der Waals surface area contributed by atoms with Crippen LogP contribution in [-0.2, 0) is 0 Å². The second-order valence-electron chi connectivity index (χ2n) is 3.58. The summed E-state index contributed by atoms with van der Waals surface area (Å²) in [6, 6.07) is 10.8. The van der Waals surface area contributed by atoms with E-state index in [1.165, 1.54) is 31.9 Å². The average Bonchev–Trinajstić information content (AvgIpc) is 2.88. The van der Waals surface area contributed by atoms with Crippen LogP contribution in [0.25, 0.3) is 31.9 Å². The lowest BCUT2D eigenvalue weighted by Crippen LogP contribution is -1.67. The Kier molecular flexibility index (Phi) is 1.02. The summed E-state index contributed by atoms with van der Waals surface area (Å²) >= 11 is 1.82. The number of rotatable bonds is 0. The Hall–Kier alpha value is -1.54. The van der Waals surface area contributed by atoms with Gasteiger partial charge in [-0.1, -0.05) is 24.3 Å². The highest BCUT2D eigenvalue weighted by Gasteiger charge is 2.13. The van der Waals surface area contributed by atoms with E-state index in [9.17, 15) is 0 Å². The molecule has 2 heteroatoms. The Morgan fingerprint density at radius 3 is 2.50 bits per heavy atom. The third-order valence-corrected chi connectivity index (χ3v) is 3.81. The van der Waals surface area contributed by atoms with Gasteiger partial charge in [0.05, 0.1) is 15.7 Å². The first-order valence-electron chi connectivity index (χ1n) is 4.64. The van der Waals surface area contributed by atoms with Crippen molar-refractivity contribution in [2.24, 2.45) is 0 Å². The van der Waals surface area contributed by atoms with Gasteiger partial charge < -0.3 is 4.98 Å². The molecule has 0 aliphatic carbocycles. The summed E-state index contributed by atoms with van der Waals surface area (Å²) in [7, 11) is 0. The van der Waals surface area contributed by atoms with Crippen molar-refractivity contribution in [1.82, 2.24) is 4.98 Å². The van der Waals surface area contributed by atoms with Crippen molar-refractivity contribution in [2.45, 2.75) is 0 Å². The van der Waals surface area contributed by atoms with Crippen molar-refractivity contribution in [3.8, 4) is 0 Å². The molecular formula is C12H7NS. The van der Waals surface area contributed by atoms with E-state index in [-0.39, 0.29) is 0 Å². The quantitative estimate of drug-likeness (QED) is 0.439. The molecule has 66 valence electrons. The van der Waals surface area contributed by atoms with E-state index in [1.807, 2.05) is 11.3 Å². The molecule has 3 aromatic heterocycles. The number of hydrogen-bond donors (Lipinski definition) is 1. The molecule has 0 unspecified atom stereocenters. The van der Waals surface area contributed by atoms with Crippen molar-refractivity contribution in [2.75, 3.05) is 0 Å². The van der Waals surface area contributed by atoms with Gasteiger partial charge in [0.15, 0.2) is 0 Å². The molecular weight excluding hydrogens is 190 g/mol. The van der Waals surface area contributed by atoms with E-state index >= 15 is 0 Å². The average molecular weight is 197 g/mol. The molecule has 1 N–H and O–H groups in total. The molecule has 1 aromatic carbocycles. The van der Waals surface area contributed by atoms with Crippen LogP contribution >= 0.6 is 11.3 Å². The van der Waals surface area contributed by atoms with Gasteiger partial charge in [0.1, 0.15) is 0 Å². The fourth-order valence-corrected chi connectivity index (χ4v) is 3.19. The first kappa shape index (κ1) is 6.85. The number of aromatic amines is 1. The van der Waals surface area contributed by atoms with Crippen LogP contribution in [0, 0.1) is 0 Å². The van der Waals surface area contributed by atoms with Crippen molar-refractivity contribution in [3.63, 3.8) is 0 Å². The second kappa shape index (κ2) is 2.10. The first-order chi connectivity index (χ1) is 6.95. The van der Waals surface area contributed by atoms with Gasteiger partial charge in [-0.05, 0) is 11.4 Å². The summed E-state index contributed by atoms with van der Waals surface area (Å²) in [4.78, 5) is 3.48. The third kappa shape index (κ3) is 0.601. The summed E-state index contributed by atoms with van der Waals surface area (Å²) in [6.07, 6.45) is 0. The molecule has 0 atom stereocenters. The Labute approximate surface area is 84.3 Å². The molecule has 1 nitrogen and oxygen atoms in total. The van der Waals surface area contributed by atoms with Crippen molar-refractivity contribution >= 4 is 43.2 Å². The predicted molar refractivity (Wildman–Crippen MR) is 62.4 cm³/mol. The van der Waals surface area contributed by atoms with E-state index in [2.05, 4.69) is 40.7 Å². The van der Waals surface area contributed by atoms with Gasteiger partial charge in [-0.25, -0.2) is 0 Å². The number of H-pyrrole nitrogens is 1. The first-order valence-corrected chi connectivity index (χ1v) is 5.52. The van der Waals surface area contributed by atoms with Crippen molar-refractivity contribution < 1.29 is 0 Å². The molecule has 0 amide bonds. The topological polar surface area (TPSA) is 15.8 Å². The predicted octanol–water partition coefficient (Wildman–Crippen LogP) is 3.97. The van der Waals surface area contributed by atoms with Crippen LogP contribution in [0.1, 0.15) is 0 Å². The normalized spacial score (nSPS) is 12.3. The molecule has 0 aliphatic heterocycles. The summed E-state index contributed by atoms with van der Waals surface area (Å²) in [5, 5.41) is 6.26. The van der Waals surface area contributed by atoms with Crippen LogP contribution in [0.2, 0.25) is 0 Å². The lowest BCUT2D eigenvalue weighted by molar-refractivity contribution is 1.62. The van der Waals surface area contributed by atoms with Gasteiger partial charge in [0.25, 0.3) is 0 Å². The number of hydrogen-bond acceptors (Lipinski definition) is 1. The Balaban J connectivity index is 2.51. The van der Waals surface area contributed by atoms with E-state index in [0.29, 0.717) is 0 Å². The van der Waals surface area contributed by atoms with E-state index < -0.39 is 0 Å². The van der Waals surface area contributed by atoms with Crippen LogP contribution < -0.4 is 0 Å². The maximum atomic E-state index is 3.48. The summed E-state index contributed by atoms with van der Waals surface area (Å²) in [6.45, 7) is 0. The molecule has 0 spiro atoms. The minimum Gasteiger partial charge on any atom is -0.353 e. The van der Waals surface area contributed by atoms with Crippen LogP contribution in [0.5, 0.6) is 0 Å². The molecule has 3 heterocycles. The Morgan fingerprint density at radius 2 is 1.64 bits per heavy atom. The highest BCUT2D eigenvalue weighted by atomic mass is 32.1. The fraction of sp³-hybridized carbons (Fsp3) is 0. The fourth-order valence-electron chi connectivity index (χ4n) is 2.27. The maximum Gasteiger partial charge on any atom is 0.0647 e. The minimum absolute atomic E-state index is 1.30. The van der Waals surface area contributed by atoms with E-state index in [0.717, 1.165) is 0 Å². The van der Waals surface area contributed by atoms with E-state index in [4.69, 9.17) is 0 Å². The highest BCUT2D eigenvalue weighted by molar-refractivity contribution is 7.18. The summed E-state index contributed by atoms with van der Waals surface area (Å²) < 4.78 is 1.40. The highest BCUT2D eigenvalue weighted by Crippen LogP contribution is 2.39. The van der Waals surface area contributed by atoms with Gasteiger partial charge in [0, 0.05) is 16.2 Å². The molecule has 0 saturated carbocycles. The smallest absolute Gasteiger partial charge is 0.0647 e. The number of aromatic nitrogens is 1. The van der Waals surface area contributed by atoms with Crippen LogP contribution in [0.15, 0.2) is 35.7 Å². The second-order valence-corrected chi connectivity index (χ2v) is 4.50. The maximum absolute atomic E-state index is 3.48. The number of thiophene rings is 1. The SMILES string of the molecule is c1ccc2c(c1)c1[nH]c2c2sccc12. The third-order valence-electron chi connectivity index (χ3n) is 2.88. The molecule has 4 rings (SSSR count). The van der Waals surface area contributed by atoms with Gasteiger partial charge in [-0.15, -0.1) is 11.3 Å². The Bertz CT molecular complexity index is 673. The number of fused-ring (bicyclic) bond motifs is 8. The number of benzene rings is 2. The molecule has 0 fully saturated rings. The monoisotopic (exact) mass is 197 g/mol. The van der Waals surface area contributed by atoms with E-state index in [1.54, 1.807) is 0 Å². The summed E-state index contributed by atoms with van der Waals surface area (Å²) in [5.41, 5.74) is 2.60. The van der Waals surface area contributed by atoms with Crippen LogP contribution in [0.3, 0.4) is 0 Å². The minimum atomic E-state index is 1.30. The van der Waals surface area contributed by atoms with Gasteiger partial charge in [-0.2, -0.15) is 0 Å². The summed E-state index contributed by atoms with van der Waals surface area (Å²) in [5.74, 6) is 0. The molecule has 14 heavy (non-hydrogen) atoms. The number of nitrogens with one attached hydrogen (secondary N) is 1. The molecule has 0 radical (unpaired) electrons. The van der Waals surface area contributed by atoms with Crippen molar-refractivity contribution in [1.29, 1.82) is 0 Å². The molecule has 0 aliphatic rings. The van der Waals surface area contributed by atoms with Gasteiger partial charge >= 0.3 is 0 Å². The lowest BCUT2D eigenvalue weighted by atomic mass is 10.1. The molecule has 0 saturated heterocycles. The standard InChI is InChI=1S/C12H7NS/c1-2-4-8-7(3-1)10-9-5-6-14-12(9)11(8)13-10/h1-6,13H. The van der Waals surface area contributed by atoms with Gasteiger partial charge in [0.2, 0.25) is 0 Å². The molecule has 2 bridgehead atoms. The van der Waals surface area contributed by atoms with Crippen LogP contribution in [0.4, 0.5) is 0 Å². The van der Waals surface area contributed by atoms with Gasteiger partial charge in [-0.3, -0.25) is 0 Å². The Morgan fingerprint density at radius 1 is 0.857 bits per heavy atom. The lowest BCUT2D eigenvalue weighted by Gasteiger charge is -1.93. The molecule has 4 aromatic rings. The zero-order valence-corrected chi connectivity index (χ0v) is 8.19. The zero-order valence-electron chi connectivity index (χ0n) is 7.37. The zero-order chi connectivity index (χ0) is 9.12. The van der Waals surface area contributed by atoms with Crippen LogP contribution in [-0.4, -0.2) is 4.98 Å².